The Labute approximate surface area is 145 Å². The Hall–Kier alpha value is -2.88. The summed E-state index contributed by atoms with van der Waals surface area (Å²) < 4.78 is 13.3. The lowest BCUT2D eigenvalue weighted by atomic mass is 10.1. The van der Waals surface area contributed by atoms with Gasteiger partial charge in [0.1, 0.15) is 5.82 Å². The van der Waals surface area contributed by atoms with E-state index >= 15 is 0 Å². The number of carbonyl (C=O) groups is 1. The van der Waals surface area contributed by atoms with Crippen LogP contribution in [-0.4, -0.2) is 22.8 Å². The summed E-state index contributed by atoms with van der Waals surface area (Å²) >= 11 is 0. The molecule has 0 saturated carbocycles. The lowest BCUT2D eigenvalue weighted by Gasteiger charge is -2.17. The second-order valence-corrected chi connectivity index (χ2v) is 6.62. The van der Waals surface area contributed by atoms with Gasteiger partial charge in [-0.25, -0.2) is 4.39 Å². The van der Waals surface area contributed by atoms with Crippen molar-refractivity contribution < 1.29 is 9.18 Å². The van der Waals surface area contributed by atoms with E-state index in [1.54, 1.807) is 11.0 Å². The number of hydrogen-bond donors (Lipinski definition) is 1. The summed E-state index contributed by atoms with van der Waals surface area (Å²) in [6.07, 6.45) is 0. The van der Waals surface area contributed by atoms with E-state index in [1.807, 2.05) is 50.4 Å². The van der Waals surface area contributed by atoms with Crippen LogP contribution >= 0.6 is 0 Å². The average molecular weight is 334 g/mol. The maximum atomic E-state index is 13.3. The Bertz CT molecular complexity index is 988. The molecule has 4 heteroatoms. The molecule has 126 valence electrons. The van der Waals surface area contributed by atoms with Crippen molar-refractivity contribution in [3.05, 3.63) is 77.2 Å². The van der Waals surface area contributed by atoms with Crippen molar-refractivity contribution in [3.8, 4) is 0 Å². The lowest BCUT2D eigenvalue weighted by molar-refractivity contribution is -0.131. The Balaban J connectivity index is 1.48. The summed E-state index contributed by atoms with van der Waals surface area (Å²) in [4.78, 5) is 17.8. The van der Waals surface area contributed by atoms with Crippen molar-refractivity contribution in [2.24, 2.45) is 5.92 Å². The first-order valence-electron chi connectivity index (χ1n) is 8.33. The molecule has 25 heavy (non-hydrogen) atoms. The zero-order valence-electron chi connectivity index (χ0n) is 14.2. The summed E-state index contributed by atoms with van der Waals surface area (Å²) in [7, 11) is 1.81. The minimum atomic E-state index is -0.257. The topological polar surface area (TPSA) is 36.1 Å². The van der Waals surface area contributed by atoms with Gasteiger partial charge in [0, 0.05) is 23.6 Å². The highest BCUT2D eigenvalue weighted by atomic mass is 19.1. The fraction of sp³-hybridized carbons (Fsp3) is 0.190. The number of nitrogens with one attached hydrogen (secondary N) is 1. The Morgan fingerprint density at radius 3 is 2.68 bits per heavy atom. The number of H-pyrrole nitrogens is 1. The van der Waals surface area contributed by atoms with Gasteiger partial charge in [0.2, 0.25) is 5.91 Å². The van der Waals surface area contributed by atoms with Gasteiger partial charge in [0.05, 0.1) is 12.5 Å². The molecule has 2 aromatic carbocycles. The van der Waals surface area contributed by atoms with Crippen molar-refractivity contribution in [1.29, 1.82) is 0 Å². The van der Waals surface area contributed by atoms with Gasteiger partial charge in [-0.1, -0.05) is 35.9 Å². The Morgan fingerprint density at radius 2 is 1.92 bits per heavy atom. The van der Waals surface area contributed by atoms with Gasteiger partial charge in [0.25, 0.3) is 0 Å². The minimum Gasteiger partial charge on any atom is -0.357 e. The fourth-order valence-electron chi connectivity index (χ4n) is 3.45. The molecule has 1 N–H and O–H groups in total. The molecule has 0 aliphatic heterocycles. The number of aromatic nitrogens is 1. The van der Waals surface area contributed by atoms with Gasteiger partial charge in [-0.3, -0.25) is 4.79 Å². The van der Waals surface area contributed by atoms with Crippen molar-refractivity contribution in [3.63, 3.8) is 0 Å². The number of rotatable bonds is 4. The van der Waals surface area contributed by atoms with E-state index in [1.165, 1.54) is 12.1 Å². The molecule has 1 aliphatic carbocycles. The number of fused-ring (bicyclic) bond motifs is 1. The lowest BCUT2D eigenvalue weighted by Crippen LogP contribution is -2.29. The molecule has 0 spiro atoms. The molecule has 1 atom stereocenters. The number of halogens is 1. The van der Waals surface area contributed by atoms with Crippen LogP contribution in [0.4, 0.5) is 4.39 Å². The zero-order valence-corrected chi connectivity index (χ0v) is 14.2. The van der Waals surface area contributed by atoms with Crippen LogP contribution in [0.15, 0.2) is 60.2 Å². The third kappa shape index (κ3) is 2.84. The first-order valence-corrected chi connectivity index (χ1v) is 8.33. The zero-order chi connectivity index (χ0) is 17.6. The van der Waals surface area contributed by atoms with E-state index in [0.717, 1.165) is 33.3 Å². The van der Waals surface area contributed by atoms with E-state index in [2.05, 4.69) is 4.98 Å². The second kappa shape index (κ2) is 5.88. The van der Waals surface area contributed by atoms with E-state index in [0.29, 0.717) is 6.54 Å². The van der Waals surface area contributed by atoms with E-state index < -0.39 is 0 Å². The monoisotopic (exact) mass is 334 g/mol. The van der Waals surface area contributed by atoms with Crippen molar-refractivity contribution in [1.82, 2.24) is 9.88 Å². The molecule has 1 aromatic heterocycles. The normalized spacial score (nSPS) is 16.4. The van der Waals surface area contributed by atoms with Crippen LogP contribution in [0.25, 0.3) is 16.5 Å². The van der Waals surface area contributed by atoms with Crippen LogP contribution in [0.1, 0.15) is 18.2 Å². The second-order valence-electron chi connectivity index (χ2n) is 6.62. The Morgan fingerprint density at radius 1 is 1.16 bits per heavy atom. The molecular formula is C21H19FN2O. The number of carbonyl (C=O) groups excluding carboxylic acids is 1. The first-order chi connectivity index (χ1) is 12.0. The van der Waals surface area contributed by atoms with Gasteiger partial charge in [-0.2, -0.15) is 0 Å². The van der Waals surface area contributed by atoms with Crippen LogP contribution in [0.5, 0.6) is 0 Å². The maximum Gasteiger partial charge on any atom is 0.234 e. The number of hydrogen-bond acceptors (Lipinski definition) is 1. The van der Waals surface area contributed by atoms with Crippen molar-refractivity contribution in [2.75, 3.05) is 7.05 Å². The molecule has 1 amide bonds. The van der Waals surface area contributed by atoms with Gasteiger partial charge < -0.3 is 9.88 Å². The molecule has 3 aromatic rings. The predicted octanol–water partition coefficient (Wildman–Crippen LogP) is 4.37. The minimum absolute atomic E-state index is 0.0983. The van der Waals surface area contributed by atoms with Crippen LogP contribution < -0.4 is 0 Å². The molecule has 0 fully saturated rings. The molecule has 0 bridgehead atoms. The molecule has 1 heterocycles. The van der Waals surface area contributed by atoms with Gasteiger partial charge in [0.15, 0.2) is 0 Å². The molecule has 4 rings (SSSR count). The maximum absolute atomic E-state index is 13.3. The van der Waals surface area contributed by atoms with Gasteiger partial charge in [-0.15, -0.1) is 0 Å². The summed E-state index contributed by atoms with van der Waals surface area (Å²) in [6, 6.07) is 16.6. The van der Waals surface area contributed by atoms with Gasteiger partial charge in [-0.05, 0) is 42.3 Å². The van der Waals surface area contributed by atoms with Crippen molar-refractivity contribution in [2.45, 2.75) is 13.5 Å². The van der Waals surface area contributed by atoms with Crippen LogP contribution in [0.3, 0.4) is 0 Å². The summed E-state index contributed by atoms with van der Waals surface area (Å²) in [5.41, 5.74) is 5.17. The molecule has 1 unspecified atom stereocenters. The van der Waals surface area contributed by atoms with Crippen LogP contribution in [-0.2, 0) is 11.3 Å². The van der Waals surface area contributed by atoms with Gasteiger partial charge >= 0.3 is 0 Å². The highest BCUT2D eigenvalue weighted by Crippen LogP contribution is 2.47. The predicted molar refractivity (Wildman–Crippen MR) is 97.3 cm³/mol. The molecule has 0 radical (unpaired) electrons. The summed E-state index contributed by atoms with van der Waals surface area (Å²) in [5.74, 6) is -0.275. The number of aromatic amines is 1. The third-order valence-electron chi connectivity index (χ3n) is 4.82. The molecule has 0 saturated heterocycles. The average Bonchev–Trinajstić information content (AvgIpc) is 3.11. The molecule has 1 aliphatic rings. The Kier molecular flexibility index (Phi) is 3.68. The summed E-state index contributed by atoms with van der Waals surface area (Å²) in [5, 5.41) is 0.821. The fourth-order valence-corrected chi connectivity index (χ4v) is 3.45. The highest BCUT2D eigenvalue weighted by molar-refractivity contribution is 6.05. The third-order valence-corrected chi connectivity index (χ3v) is 4.82. The van der Waals surface area contributed by atoms with E-state index in [-0.39, 0.29) is 17.6 Å². The quantitative estimate of drug-likeness (QED) is 0.756. The standard InChI is InChI=1S/C21H19FN2O/c1-13-19(14-6-4-3-5-7-14)20(13)21(25)24(2)12-17-11-15-10-16(22)8-9-18(15)23-17/h3-11,20,23H,12H2,1-2H3. The first kappa shape index (κ1) is 15.6. The van der Waals surface area contributed by atoms with E-state index in [9.17, 15) is 9.18 Å². The van der Waals surface area contributed by atoms with Crippen LogP contribution in [0.2, 0.25) is 0 Å². The van der Waals surface area contributed by atoms with E-state index in [4.69, 9.17) is 0 Å². The number of benzene rings is 2. The molecular weight excluding hydrogens is 315 g/mol. The largest absolute Gasteiger partial charge is 0.357 e. The van der Waals surface area contributed by atoms with Crippen molar-refractivity contribution >= 4 is 22.4 Å². The number of amides is 1. The smallest absolute Gasteiger partial charge is 0.234 e. The number of nitrogens with zero attached hydrogens (tertiary/aromatic N) is 1. The van der Waals surface area contributed by atoms with Crippen LogP contribution in [0, 0.1) is 11.7 Å². The summed E-state index contributed by atoms with van der Waals surface area (Å²) in [6.45, 7) is 2.49. The highest BCUT2D eigenvalue weighted by Gasteiger charge is 2.41. The SMILES string of the molecule is CC1=C(c2ccccc2)C1C(=O)N(C)Cc1cc2cc(F)ccc2[nH]1. The molecule has 3 nitrogen and oxygen atoms in total.